The molecule has 1 amide bonds. The summed E-state index contributed by atoms with van der Waals surface area (Å²) in [6.45, 7) is 3.54. The van der Waals surface area contributed by atoms with E-state index in [1.54, 1.807) is 6.20 Å². The van der Waals surface area contributed by atoms with E-state index in [1.165, 1.54) is 11.3 Å². The minimum absolute atomic E-state index is 0.0508. The van der Waals surface area contributed by atoms with Crippen LogP contribution in [0.3, 0.4) is 0 Å². The SMILES string of the molecule is CCCc1ncc(C(=O)N2CCCC(CCC(=O)O)C2)s1. The van der Waals surface area contributed by atoms with Crippen molar-refractivity contribution >= 4 is 23.2 Å². The van der Waals surface area contributed by atoms with Crippen LogP contribution in [0.25, 0.3) is 0 Å². The van der Waals surface area contributed by atoms with Gasteiger partial charge in [-0.3, -0.25) is 9.59 Å². The van der Waals surface area contributed by atoms with Crippen molar-refractivity contribution in [1.29, 1.82) is 0 Å². The van der Waals surface area contributed by atoms with Crippen molar-refractivity contribution in [3.05, 3.63) is 16.1 Å². The van der Waals surface area contributed by atoms with E-state index in [0.29, 0.717) is 23.8 Å². The lowest BCUT2D eigenvalue weighted by Crippen LogP contribution is -2.39. The van der Waals surface area contributed by atoms with E-state index < -0.39 is 5.97 Å². The van der Waals surface area contributed by atoms with Gasteiger partial charge in [-0.1, -0.05) is 6.92 Å². The number of thiazole rings is 1. The van der Waals surface area contributed by atoms with Gasteiger partial charge < -0.3 is 10.0 Å². The van der Waals surface area contributed by atoms with E-state index in [9.17, 15) is 9.59 Å². The molecule has 1 unspecified atom stereocenters. The number of amides is 1. The smallest absolute Gasteiger partial charge is 0.303 e. The van der Waals surface area contributed by atoms with Gasteiger partial charge in [0.2, 0.25) is 0 Å². The molecule has 1 N–H and O–H groups in total. The number of rotatable bonds is 6. The van der Waals surface area contributed by atoms with Crippen LogP contribution in [0.2, 0.25) is 0 Å². The average Bonchev–Trinajstić information content (AvgIpc) is 2.94. The molecule has 1 aromatic rings. The Kier molecular flexibility index (Phi) is 5.73. The molecule has 6 heteroatoms. The van der Waals surface area contributed by atoms with Crippen LogP contribution in [0, 0.1) is 5.92 Å². The highest BCUT2D eigenvalue weighted by atomic mass is 32.1. The van der Waals surface area contributed by atoms with Crippen molar-refractivity contribution in [3.8, 4) is 0 Å². The predicted molar refractivity (Wildman–Crippen MR) is 81.6 cm³/mol. The topological polar surface area (TPSA) is 70.5 Å². The number of carbonyl (C=O) groups excluding carboxylic acids is 1. The summed E-state index contributed by atoms with van der Waals surface area (Å²) in [4.78, 5) is 30.0. The van der Waals surface area contributed by atoms with E-state index in [2.05, 4.69) is 11.9 Å². The maximum Gasteiger partial charge on any atom is 0.303 e. The Morgan fingerprint density at radius 3 is 3.05 bits per heavy atom. The quantitative estimate of drug-likeness (QED) is 0.877. The van der Waals surface area contributed by atoms with Crippen molar-refractivity contribution in [2.45, 2.75) is 45.4 Å². The van der Waals surface area contributed by atoms with Crippen molar-refractivity contribution in [1.82, 2.24) is 9.88 Å². The molecule has 2 heterocycles. The molecule has 0 spiro atoms. The molecule has 1 aromatic heterocycles. The Bertz CT molecular complexity index is 501. The second kappa shape index (κ2) is 7.54. The lowest BCUT2D eigenvalue weighted by atomic mass is 9.93. The Morgan fingerprint density at radius 2 is 2.33 bits per heavy atom. The molecule has 1 atom stereocenters. The monoisotopic (exact) mass is 310 g/mol. The number of carboxylic acid groups (broad SMARTS) is 1. The number of carbonyl (C=O) groups is 2. The third-order valence-electron chi connectivity index (χ3n) is 3.80. The van der Waals surface area contributed by atoms with Gasteiger partial charge in [0, 0.05) is 19.5 Å². The molecular formula is C15H22N2O3S. The summed E-state index contributed by atoms with van der Waals surface area (Å²) in [5.41, 5.74) is 0. The van der Waals surface area contributed by atoms with Gasteiger partial charge in [0.25, 0.3) is 5.91 Å². The van der Waals surface area contributed by atoms with Crippen LogP contribution >= 0.6 is 11.3 Å². The summed E-state index contributed by atoms with van der Waals surface area (Å²) in [5, 5.41) is 9.78. The molecule has 0 saturated carbocycles. The van der Waals surface area contributed by atoms with Crippen molar-refractivity contribution < 1.29 is 14.7 Å². The fraction of sp³-hybridized carbons (Fsp3) is 0.667. The minimum Gasteiger partial charge on any atom is -0.481 e. The summed E-state index contributed by atoms with van der Waals surface area (Å²) in [7, 11) is 0. The van der Waals surface area contributed by atoms with Gasteiger partial charge >= 0.3 is 5.97 Å². The third kappa shape index (κ3) is 4.52. The van der Waals surface area contributed by atoms with E-state index in [4.69, 9.17) is 5.11 Å². The van der Waals surface area contributed by atoms with Gasteiger partial charge in [-0.15, -0.1) is 11.3 Å². The minimum atomic E-state index is -0.759. The number of piperidine rings is 1. The summed E-state index contributed by atoms with van der Waals surface area (Å²) >= 11 is 1.48. The maximum absolute atomic E-state index is 12.5. The number of likely N-dealkylation sites (tertiary alicyclic amines) is 1. The summed E-state index contributed by atoms with van der Waals surface area (Å²) in [6.07, 6.45) is 6.44. The van der Waals surface area contributed by atoms with Crippen LogP contribution in [0.4, 0.5) is 0 Å². The fourth-order valence-corrected chi connectivity index (χ4v) is 3.69. The molecule has 0 radical (unpaired) electrons. The molecular weight excluding hydrogens is 288 g/mol. The first kappa shape index (κ1) is 15.9. The second-order valence-electron chi connectivity index (χ2n) is 5.56. The van der Waals surface area contributed by atoms with Crippen LogP contribution in [-0.4, -0.2) is 40.0 Å². The van der Waals surface area contributed by atoms with Crippen LogP contribution in [0.5, 0.6) is 0 Å². The van der Waals surface area contributed by atoms with Gasteiger partial charge in [-0.05, 0) is 38.0 Å². The second-order valence-corrected chi connectivity index (χ2v) is 6.68. The van der Waals surface area contributed by atoms with Crippen LogP contribution in [0.15, 0.2) is 6.20 Å². The zero-order valence-corrected chi connectivity index (χ0v) is 13.2. The first-order valence-electron chi connectivity index (χ1n) is 7.56. The van der Waals surface area contributed by atoms with Crippen molar-refractivity contribution in [2.24, 2.45) is 5.92 Å². The molecule has 0 bridgehead atoms. The predicted octanol–water partition coefficient (Wildman–Crippen LogP) is 2.81. The Morgan fingerprint density at radius 1 is 1.52 bits per heavy atom. The van der Waals surface area contributed by atoms with E-state index in [0.717, 1.165) is 37.2 Å². The molecule has 5 nitrogen and oxygen atoms in total. The van der Waals surface area contributed by atoms with E-state index in [-0.39, 0.29) is 12.3 Å². The standard InChI is InChI=1S/C15H22N2O3S/c1-2-4-13-16-9-12(21-13)15(20)17-8-3-5-11(10-17)6-7-14(18)19/h9,11H,2-8,10H2,1H3,(H,18,19). The molecule has 1 saturated heterocycles. The first-order valence-corrected chi connectivity index (χ1v) is 8.37. The highest BCUT2D eigenvalue weighted by Gasteiger charge is 2.25. The van der Waals surface area contributed by atoms with Crippen LogP contribution in [0.1, 0.15) is 53.7 Å². The molecule has 0 aromatic carbocycles. The molecule has 0 aliphatic carbocycles. The Labute approximate surface area is 129 Å². The lowest BCUT2D eigenvalue weighted by Gasteiger charge is -2.32. The number of carboxylic acids is 1. The normalized spacial score (nSPS) is 18.7. The number of hydrogen-bond acceptors (Lipinski definition) is 4. The lowest BCUT2D eigenvalue weighted by molar-refractivity contribution is -0.137. The van der Waals surface area contributed by atoms with Crippen molar-refractivity contribution in [2.75, 3.05) is 13.1 Å². The maximum atomic E-state index is 12.5. The molecule has 1 fully saturated rings. The van der Waals surface area contributed by atoms with Gasteiger partial charge in [0.15, 0.2) is 0 Å². The first-order chi connectivity index (χ1) is 10.1. The van der Waals surface area contributed by atoms with Crippen LogP contribution in [-0.2, 0) is 11.2 Å². The van der Waals surface area contributed by atoms with Gasteiger partial charge in [0.05, 0.1) is 11.2 Å². The molecule has 1 aliphatic heterocycles. The number of aliphatic carboxylic acids is 1. The largest absolute Gasteiger partial charge is 0.481 e. The fourth-order valence-electron chi connectivity index (χ4n) is 2.71. The Hall–Kier alpha value is -1.43. The van der Waals surface area contributed by atoms with Gasteiger partial charge in [0.1, 0.15) is 4.88 Å². The van der Waals surface area contributed by atoms with E-state index >= 15 is 0 Å². The number of hydrogen-bond donors (Lipinski definition) is 1. The zero-order chi connectivity index (χ0) is 15.2. The third-order valence-corrected chi connectivity index (χ3v) is 4.85. The van der Waals surface area contributed by atoms with Crippen LogP contribution < -0.4 is 0 Å². The summed E-state index contributed by atoms with van der Waals surface area (Å²) in [6, 6.07) is 0. The summed E-state index contributed by atoms with van der Waals surface area (Å²) < 4.78 is 0. The van der Waals surface area contributed by atoms with Crippen molar-refractivity contribution in [3.63, 3.8) is 0 Å². The number of nitrogens with zero attached hydrogens (tertiary/aromatic N) is 2. The number of aryl methyl sites for hydroxylation is 1. The molecule has 1 aliphatic rings. The van der Waals surface area contributed by atoms with Gasteiger partial charge in [-0.2, -0.15) is 0 Å². The van der Waals surface area contributed by atoms with Gasteiger partial charge in [-0.25, -0.2) is 4.98 Å². The molecule has 21 heavy (non-hydrogen) atoms. The summed E-state index contributed by atoms with van der Waals surface area (Å²) in [5.74, 6) is -0.401. The Balaban J connectivity index is 1.93. The molecule has 116 valence electrons. The highest BCUT2D eigenvalue weighted by molar-refractivity contribution is 7.13. The molecule has 2 rings (SSSR count). The zero-order valence-electron chi connectivity index (χ0n) is 12.4. The highest BCUT2D eigenvalue weighted by Crippen LogP contribution is 2.24. The van der Waals surface area contributed by atoms with E-state index in [1.807, 2.05) is 4.90 Å². The average molecular weight is 310 g/mol. The number of aromatic nitrogens is 1.